The van der Waals surface area contributed by atoms with Gasteiger partial charge < -0.3 is 10.6 Å². The lowest BCUT2D eigenvalue weighted by atomic mass is 9.88. The van der Waals surface area contributed by atoms with E-state index in [4.69, 9.17) is 11.1 Å². The number of hydrogen-bond acceptors (Lipinski definition) is 2. The summed E-state index contributed by atoms with van der Waals surface area (Å²) in [6.07, 6.45) is 5.40. The fraction of sp³-hybridized carbons (Fsp3) is 0.562. The molecule has 1 aromatic carbocycles. The molecule has 0 aromatic heterocycles. The highest BCUT2D eigenvalue weighted by atomic mass is 79.9. The average Bonchev–Trinajstić information content (AvgIpc) is 3.03. The van der Waals surface area contributed by atoms with Crippen LogP contribution in [0.3, 0.4) is 0 Å². The van der Waals surface area contributed by atoms with Crippen LogP contribution in [-0.4, -0.2) is 19.4 Å². The summed E-state index contributed by atoms with van der Waals surface area (Å²) in [6, 6.07) is 3.44. The van der Waals surface area contributed by atoms with Crippen LogP contribution in [0.5, 0.6) is 0 Å². The normalized spacial score (nSPS) is 27.1. The zero-order chi connectivity index (χ0) is 15.1. The van der Waals surface area contributed by atoms with Gasteiger partial charge in [-0.3, -0.25) is 5.41 Å². The molecule has 3 N–H and O–H groups in total. The van der Waals surface area contributed by atoms with Crippen LogP contribution in [0.1, 0.15) is 31.2 Å². The molecule has 3 rings (SSSR count). The van der Waals surface area contributed by atoms with Gasteiger partial charge in [0.15, 0.2) is 5.82 Å². The van der Waals surface area contributed by atoms with Crippen molar-refractivity contribution in [3.8, 4) is 0 Å². The highest BCUT2D eigenvalue weighted by molar-refractivity contribution is 9.10. The number of anilines is 1. The van der Waals surface area contributed by atoms with Crippen LogP contribution in [0.25, 0.3) is 0 Å². The maximum atomic E-state index is 14.5. The van der Waals surface area contributed by atoms with Crippen molar-refractivity contribution in [1.29, 1.82) is 5.41 Å². The van der Waals surface area contributed by atoms with Crippen LogP contribution in [-0.2, 0) is 0 Å². The van der Waals surface area contributed by atoms with Crippen molar-refractivity contribution in [3.05, 3.63) is 28.0 Å². The van der Waals surface area contributed by atoms with Crippen LogP contribution >= 0.6 is 15.9 Å². The first-order valence-corrected chi connectivity index (χ1v) is 8.30. The zero-order valence-electron chi connectivity index (χ0n) is 12.2. The maximum Gasteiger partial charge on any atom is 0.161 e. The third kappa shape index (κ3) is 2.68. The fourth-order valence-electron chi connectivity index (χ4n) is 4.09. The van der Waals surface area contributed by atoms with E-state index in [1.165, 1.54) is 25.7 Å². The number of hydrogen-bond donors (Lipinski definition) is 2. The Bertz CT molecular complexity index is 575. The van der Waals surface area contributed by atoms with Gasteiger partial charge >= 0.3 is 0 Å². The second kappa shape index (κ2) is 5.59. The Morgan fingerprint density at radius 2 is 2.19 bits per heavy atom. The van der Waals surface area contributed by atoms with Gasteiger partial charge in [0.05, 0.1) is 10.2 Å². The van der Waals surface area contributed by atoms with Gasteiger partial charge in [-0.05, 0) is 65.1 Å². The minimum atomic E-state index is -0.326. The molecule has 0 aliphatic heterocycles. The summed E-state index contributed by atoms with van der Waals surface area (Å²) in [5.74, 6) is 1.99. The molecule has 0 heterocycles. The number of halogens is 2. The molecule has 2 fully saturated rings. The minimum Gasteiger partial charge on any atom is -0.384 e. The number of nitrogens with zero attached hydrogens (tertiary/aromatic N) is 1. The molecule has 21 heavy (non-hydrogen) atoms. The van der Waals surface area contributed by atoms with Crippen LogP contribution < -0.4 is 10.6 Å². The summed E-state index contributed by atoms with van der Waals surface area (Å²) in [7, 11) is 1.95. The number of amidine groups is 1. The summed E-state index contributed by atoms with van der Waals surface area (Å²) < 4.78 is 14.8. The van der Waals surface area contributed by atoms with Crippen molar-refractivity contribution in [3.63, 3.8) is 0 Å². The first-order valence-electron chi connectivity index (χ1n) is 7.51. The third-order valence-corrected chi connectivity index (χ3v) is 5.93. The van der Waals surface area contributed by atoms with Crippen molar-refractivity contribution >= 4 is 27.5 Å². The second-order valence-corrected chi connectivity index (χ2v) is 7.28. The summed E-state index contributed by atoms with van der Waals surface area (Å²) in [5, 5.41) is 7.46. The SMILES string of the molecule is CN(CC1CC2CCC1C2)c1ccc(C(=N)N)c(Br)c1F. The Kier molecular flexibility index (Phi) is 3.95. The van der Waals surface area contributed by atoms with Gasteiger partial charge in [-0.2, -0.15) is 0 Å². The van der Waals surface area contributed by atoms with E-state index in [1.54, 1.807) is 12.1 Å². The molecule has 2 aliphatic carbocycles. The molecule has 114 valence electrons. The number of nitrogens with two attached hydrogens (primary N) is 1. The average molecular weight is 354 g/mol. The molecule has 2 bridgehead atoms. The van der Waals surface area contributed by atoms with Crippen LogP contribution in [0.2, 0.25) is 0 Å². The molecule has 2 saturated carbocycles. The first-order chi connectivity index (χ1) is 9.97. The van der Waals surface area contributed by atoms with E-state index in [0.717, 1.165) is 18.4 Å². The lowest BCUT2D eigenvalue weighted by molar-refractivity contribution is 0.337. The number of nitrogen functional groups attached to an aromatic ring is 1. The molecular weight excluding hydrogens is 333 g/mol. The molecule has 2 aliphatic rings. The fourth-order valence-corrected chi connectivity index (χ4v) is 4.64. The van der Waals surface area contributed by atoms with Crippen molar-refractivity contribution in [2.75, 3.05) is 18.5 Å². The van der Waals surface area contributed by atoms with Crippen LogP contribution in [0, 0.1) is 29.0 Å². The summed E-state index contributed by atoms with van der Waals surface area (Å²) in [6.45, 7) is 0.907. The van der Waals surface area contributed by atoms with E-state index in [0.29, 0.717) is 17.2 Å². The molecule has 0 radical (unpaired) electrons. The lowest BCUT2D eigenvalue weighted by Crippen LogP contribution is -2.29. The van der Waals surface area contributed by atoms with Crippen molar-refractivity contribution in [2.24, 2.45) is 23.5 Å². The Balaban J connectivity index is 1.77. The predicted molar refractivity (Wildman–Crippen MR) is 87.3 cm³/mol. The largest absolute Gasteiger partial charge is 0.384 e. The van der Waals surface area contributed by atoms with E-state index in [2.05, 4.69) is 15.9 Å². The molecule has 3 nitrogen and oxygen atoms in total. The van der Waals surface area contributed by atoms with E-state index in [9.17, 15) is 4.39 Å². The summed E-state index contributed by atoms with van der Waals surface area (Å²) in [4.78, 5) is 2.01. The number of benzene rings is 1. The first kappa shape index (κ1) is 14.8. The smallest absolute Gasteiger partial charge is 0.161 e. The molecule has 5 heteroatoms. The highest BCUT2D eigenvalue weighted by Crippen LogP contribution is 2.48. The Hall–Kier alpha value is -1.10. The molecular formula is C16H21BrFN3. The number of nitrogens with one attached hydrogen (secondary N) is 1. The van der Waals surface area contributed by atoms with E-state index >= 15 is 0 Å². The summed E-state index contributed by atoms with van der Waals surface area (Å²) >= 11 is 3.22. The monoisotopic (exact) mass is 353 g/mol. The van der Waals surface area contributed by atoms with Gasteiger partial charge in [0.2, 0.25) is 0 Å². The molecule has 3 atom stereocenters. The predicted octanol–water partition coefficient (Wildman–Crippen LogP) is 3.74. The van der Waals surface area contributed by atoms with Gasteiger partial charge in [0.25, 0.3) is 0 Å². The Morgan fingerprint density at radius 1 is 1.43 bits per heavy atom. The van der Waals surface area contributed by atoms with E-state index < -0.39 is 0 Å². The van der Waals surface area contributed by atoms with Gasteiger partial charge in [-0.15, -0.1) is 0 Å². The molecule has 3 unspecified atom stereocenters. The standard InChI is InChI=1S/C16H21BrFN3/c1-21(8-11-7-9-2-3-10(11)6-9)13-5-4-12(16(19)20)14(17)15(13)18/h4-5,9-11H,2-3,6-8H2,1H3,(H3,19,20). The molecule has 1 aromatic rings. The van der Waals surface area contributed by atoms with Crippen LogP contribution in [0.4, 0.5) is 10.1 Å². The van der Waals surface area contributed by atoms with E-state index in [1.807, 2.05) is 11.9 Å². The highest BCUT2D eigenvalue weighted by Gasteiger charge is 2.39. The molecule has 0 spiro atoms. The number of rotatable bonds is 4. The lowest BCUT2D eigenvalue weighted by Gasteiger charge is -2.29. The van der Waals surface area contributed by atoms with Gasteiger partial charge in [0, 0.05) is 19.2 Å². The quantitative estimate of drug-likeness (QED) is 0.639. The number of fused-ring (bicyclic) bond motifs is 2. The van der Waals surface area contributed by atoms with Crippen molar-refractivity contribution in [2.45, 2.75) is 25.7 Å². The summed E-state index contributed by atoms with van der Waals surface area (Å²) in [5.41, 5.74) is 6.44. The second-order valence-electron chi connectivity index (χ2n) is 6.49. The topological polar surface area (TPSA) is 53.1 Å². The van der Waals surface area contributed by atoms with Crippen molar-refractivity contribution in [1.82, 2.24) is 0 Å². The Labute approximate surface area is 133 Å². The van der Waals surface area contributed by atoms with Gasteiger partial charge in [-0.1, -0.05) is 6.42 Å². The maximum absolute atomic E-state index is 14.5. The Morgan fingerprint density at radius 3 is 2.76 bits per heavy atom. The van der Waals surface area contributed by atoms with E-state index in [-0.39, 0.29) is 16.1 Å². The van der Waals surface area contributed by atoms with Crippen LogP contribution in [0.15, 0.2) is 16.6 Å². The third-order valence-electron chi connectivity index (χ3n) is 5.16. The molecule has 0 saturated heterocycles. The minimum absolute atomic E-state index is 0.122. The van der Waals surface area contributed by atoms with Gasteiger partial charge in [0.1, 0.15) is 5.84 Å². The van der Waals surface area contributed by atoms with Gasteiger partial charge in [-0.25, -0.2) is 4.39 Å². The zero-order valence-corrected chi connectivity index (χ0v) is 13.8. The van der Waals surface area contributed by atoms with Crippen molar-refractivity contribution < 1.29 is 4.39 Å². The molecule has 0 amide bonds.